The lowest BCUT2D eigenvalue weighted by Gasteiger charge is -2.10. The predicted molar refractivity (Wildman–Crippen MR) is 58.7 cm³/mol. The molecule has 6 heteroatoms. The number of hydrogen-bond donors (Lipinski definition) is 2. The van der Waals surface area contributed by atoms with Gasteiger partial charge in [-0.1, -0.05) is 5.21 Å². The van der Waals surface area contributed by atoms with Crippen LogP contribution in [0, 0.1) is 0 Å². The second-order valence-corrected chi connectivity index (χ2v) is 4.03. The summed E-state index contributed by atoms with van der Waals surface area (Å²) < 4.78 is 1.82. The fourth-order valence-corrected chi connectivity index (χ4v) is 1.82. The van der Waals surface area contributed by atoms with E-state index in [1.807, 2.05) is 10.9 Å². The largest absolute Gasteiger partial charge is 0.352 e. The Morgan fingerprint density at radius 3 is 3.25 bits per heavy atom. The molecule has 1 unspecified atom stereocenters. The van der Waals surface area contributed by atoms with Gasteiger partial charge in [0, 0.05) is 31.7 Å². The highest BCUT2D eigenvalue weighted by molar-refractivity contribution is 5.78. The van der Waals surface area contributed by atoms with Crippen molar-refractivity contribution in [3.8, 4) is 0 Å². The lowest BCUT2D eigenvalue weighted by atomic mass is 10.2. The summed E-state index contributed by atoms with van der Waals surface area (Å²) >= 11 is 0. The van der Waals surface area contributed by atoms with Crippen LogP contribution in [0.3, 0.4) is 0 Å². The van der Waals surface area contributed by atoms with Crippen LogP contribution < -0.4 is 10.6 Å². The molecule has 1 aliphatic heterocycles. The Kier molecular flexibility index (Phi) is 3.87. The van der Waals surface area contributed by atoms with Crippen molar-refractivity contribution >= 4 is 5.91 Å². The molecule has 0 spiro atoms. The van der Waals surface area contributed by atoms with Gasteiger partial charge in [-0.3, -0.25) is 9.48 Å². The van der Waals surface area contributed by atoms with Crippen molar-refractivity contribution in [2.45, 2.75) is 31.8 Å². The van der Waals surface area contributed by atoms with Crippen LogP contribution in [-0.2, 0) is 11.3 Å². The Labute approximate surface area is 94.4 Å². The van der Waals surface area contributed by atoms with Gasteiger partial charge in [-0.05, 0) is 19.4 Å². The van der Waals surface area contributed by atoms with Gasteiger partial charge in [-0.2, -0.15) is 0 Å². The van der Waals surface area contributed by atoms with Gasteiger partial charge in [0.15, 0.2) is 0 Å². The summed E-state index contributed by atoms with van der Waals surface area (Å²) in [6.07, 6.45) is 6.18. The number of carbonyl (C=O) groups excluding carboxylic acids is 1. The first-order valence-corrected chi connectivity index (χ1v) is 5.69. The quantitative estimate of drug-likeness (QED) is 0.640. The molecular formula is C10H17N5O. The van der Waals surface area contributed by atoms with E-state index < -0.39 is 0 Å². The Morgan fingerprint density at radius 2 is 2.56 bits per heavy atom. The Balaban J connectivity index is 1.51. The zero-order chi connectivity index (χ0) is 11.2. The molecule has 1 aromatic heterocycles. The predicted octanol–water partition coefficient (Wildman–Crippen LogP) is -0.464. The van der Waals surface area contributed by atoms with Crippen molar-refractivity contribution in [1.82, 2.24) is 25.6 Å². The topological polar surface area (TPSA) is 71.8 Å². The molecule has 1 amide bonds. The highest BCUT2D eigenvalue weighted by Crippen LogP contribution is 2.04. The van der Waals surface area contributed by atoms with E-state index in [4.69, 9.17) is 0 Å². The second kappa shape index (κ2) is 5.60. The van der Waals surface area contributed by atoms with Crippen LogP contribution in [0.25, 0.3) is 0 Å². The molecule has 1 aliphatic rings. The summed E-state index contributed by atoms with van der Waals surface area (Å²) in [6.45, 7) is 2.68. The van der Waals surface area contributed by atoms with E-state index in [-0.39, 0.29) is 5.91 Å². The first kappa shape index (κ1) is 11.1. The number of nitrogens with zero attached hydrogens (tertiary/aromatic N) is 3. The molecular weight excluding hydrogens is 206 g/mol. The smallest absolute Gasteiger partial charge is 0.220 e. The van der Waals surface area contributed by atoms with E-state index in [0.717, 1.165) is 32.5 Å². The lowest BCUT2D eigenvalue weighted by Crippen LogP contribution is -2.36. The Hall–Kier alpha value is -1.43. The highest BCUT2D eigenvalue weighted by atomic mass is 16.1. The van der Waals surface area contributed by atoms with Crippen LogP contribution in [0.2, 0.25) is 0 Å². The zero-order valence-electron chi connectivity index (χ0n) is 9.22. The van der Waals surface area contributed by atoms with Crippen LogP contribution in [0.15, 0.2) is 12.4 Å². The van der Waals surface area contributed by atoms with E-state index in [9.17, 15) is 4.79 Å². The highest BCUT2D eigenvalue weighted by Gasteiger charge is 2.19. The average molecular weight is 223 g/mol. The summed E-state index contributed by atoms with van der Waals surface area (Å²) in [5.74, 6) is 0.175. The van der Waals surface area contributed by atoms with Gasteiger partial charge in [-0.25, -0.2) is 0 Å². The third-order valence-electron chi connectivity index (χ3n) is 2.69. The maximum absolute atomic E-state index is 10.9. The molecule has 16 heavy (non-hydrogen) atoms. The molecule has 0 saturated carbocycles. The van der Waals surface area contributed by atoms with Gasteiger partial charge in [0.25, 0.3) is 0 Å². The normalized spacial score (nSPS) is 20.0. The van der Waals surface area contributed by atoms with Gasteiger partial charge in [0.1, 0.15) is 0 Å². The molecule has 6 nitrogen and oxygen atoms in total. The van der Waals surface area contributed by atoms with Crippen molar-refractivity contribution in [3.63, 3.8) is 0 Å². The molecule has 2 rings (SSSR count). The van der Waals surface area contributed by atoms with Gasteiger partial charge in [-0.15, -0.1) is 5.10 Å². The first-order chi connectivity index (χ1) is 7.84. The number of nitrogens with one attached hydrogen (secondary N) is 2. The van der Waals surface area contributed by atoms with Crippen molar-refractivity contribution in [2.75, 3.05) is 13.1 Å². The molecule has 1 saturated heterocycles. The lowest BCUT2D eigenvalue weighted by molar-refractivity contribution is -0.119. The SMILES string of the molecule is O=C1CCC(CNCCCn2ccnn2)N1. The van der Waals surface area contributed by atoms with Crippen LogP contribution in [0.1, 0.15) is 19.3 Å². The number of aromatic nitrogens is 3. The number of amides is 1. The molecule has 2 heterocycles. The summed E-state index contributed by atoms with van der Waals surface area (Å²) in [7, 11) is 0. The Morgan fingerprint density at radius 1 is 1.62 bits per heavy atom. The number of rotatable bonds is 6. The van der Waals surface area contributed by atoms with Crippen molar-refractivity contribution in [2.24, 2.45) is 0 Å². The number of hydrogen-bond acceptors (Lipinski definition) is 4. The standard InChI is InChI=1S/C10H17N5O/c16-10-3-2-9(13-10)8-11-4-1-6-15-7-5-12-14-15/h5,7,9,11H,1-4,6,8H2,(H,13,16). The van der Waals surface area contributed by atoms with Gasteiger partial charge >= 0.3 is 0 Å². The molecule has 0 aliphatic carbocycles. The number of carbonyl (C=O) groups is 1. The zero-order valence-corrected chi connectivity index (χ0v) is 9.22. The molecule has 1 atom stereocenters. The van der Waals surface area contributed by atoms with Crippen molar-refractivity contribution < 1.29 is 4.79 Å². The molecule has 2 N–H and O–H groups in total. The molecule has 1 aromatic rings. The molecule has 0 aromatic carbocycles. The maximum atomic E-state index is 10.9. The minimum atomic E-state index is 0.175. The molecule has 0 bridgehead atoms. The average Bonchev–Trinajstić information content (AvgIpc) is 2.89. The summed E-state index contributed by atoms with van der Waals surface area (Å²) in [6, 6.07) is 0.318. The first-order valence-electron chi connectivity index (χ1n) is 5.69. The van der Waals surface area contributed by atoms with E-state index in [2.05, 4.69) is 20.9 Å². The fourth-order valence-electron chi connectivity index (χ4n) is 1.82. The summed E-state index contributed by atoms with van der Waals surface area (Å²) in [5, 5.41) is 13.9. The minimum Gasteiger partial charge on any atom is -0.352 e. The summed E-state index contributed by atoms with van der Waals surface area (Å²) in [5.41, 5.74) is 0. The maximum Gasteiger partial charge on any atom is 0.220 e. The van der Waals surface area contributed by atoms with Gasteiger partial charge < -0.3 is 10.6 Å². The van der Waals surface area contributed by atoms with Crippen molar-refractivity contribution in [3.05, 3.63) is 12.4 Å². The second-order valence-electron chi connectivity index (χ2n) is 4.03. The number of aryl methyl sites for hydroxylation is 1. The van der Waals surface area contributed by atoms with Gasteiger partial charge in [0.05, 0.1) is 6.20 Å². The van der Waals surface area contributed by atoms with Crippen LogP contribution in [0.4, 0.5) is 0 Å². The van der Waals surface area contributed by atoms with E-state index in [1.54, 1.807) is 6.20 Å². The monoisotopic (exact) mass is 223 g/mol. The molecule has 0 radical (unpaired) electrons. The minimum absolute atomic E-state index is 0.175. The third-order valence-corrected chi connectivity index (χ3v) is 2.69. The van der Waals surface area contributed by atoms with Gasteiger partial charge in [0.2, 0.25) is 5.91 Å². The summed E-state index contributed by atoms with van der Waals surface area (Å²) in [4.78, 5) is 10.9. The molecule has 1 fully saturated rings. The molecule has 88 valence electrons. The van der Waals surface area contributed by atoms with E-state index in [0.29, 0.717) is 12.5 Å². The fraction of sp³-hybridized carbons (Fsp3) is 0.700. The van der Waals surface area contributed by atoms with Crippen LogP contribution in [-0.4, -0.2) is 40.0 Å². The Bertz CT molecular complexity index is 324. The van der Waals surface area contributed by atoms with Crippen molar-refractivity contribution in [1.29, 1.82) is 0 Å². The van der Waals surface area contributed by atoms with Crippen LogP contribution >= 0.6 is 0 Å². The third kappa shape index (κ3) is 3.30. The van der Waals surface area contributed by atoms with E-state index >= 15 is 0 Å². The van der Waals surface area contributed by atoms with Crippen LogP contribution in [0.5, 0.6) is 0 Å². The van der Waals surface area contributed by atoms with E-state index in [1.165, 1.54) is 0 Å².